The Bertz CT molecular complexity index is 236. The summed E-state index contributed by atoms with van der Waals surface area (Å²) in [4.78, 5) is 11.0. The summed E-state index contributed by atoms with van der Waals surface area (Å²) >= 11 is 0. The molecule has 6 heteroatoms. The molecular formula is C9H14F3NO2. The standard InChI is InChI=1S/C9H14F3NO2/c1-2-3-6-15-7(14)13-8(4-5-8)9(10,11)12/h2-6H2,1H3,(H,13,14). The molecule has 1 aliphatic rings. The van der Waals surface area contributed by atoms with Crippen LogP contribution in [0.2, 0.25) is 0 Å². The topological polar surface area (TPSA) is 38.3 Å². The average molecular weight is 225 g/mol. The van der Waals surface area contributed by atoms with Crippen LogP contribution < -0.4 is 5.32 Å². The van der Waals surface area contributed by atoms with Gasteiger partial charge in [-0.3, -0.25) is 0 Å². The van der Waals surface area contributed by atoms with Gasteiger partial charge >= 0.3 is 12.3 Å². The van der Waals surface area contributed by atoms with E-state index in [1.165, 1.54) is 0 Å². The molecule has 0 aromatic heterocycles. The fourth-order valence-corrected chi connectivity index (χ4v) is 1.14. The lowest BCUT2D eigenvalue weighted by molar-refractivity contribution is -0.164. The number of rotatable bonds is 4. The van der Waals surface area contributed by atoms with E-state index in [2.05, 4.69) is 4.74 Å². The first-order valence-electron chi connectivity index (χ1n) is 4.93. The summed E-state index contributed by atoms with van der Waals surface area (Å²) in [5.41, 5.74) is -2.02. The molecule has 0 unspecified atom stereocenters. The van der Waals surface area contributed by atoms with Gasteiger partial charge in [-0.15, -0.1) is 0 Å². The van der Waals surface area contributed by atoms with E-state index in [1.54, 1.807) is 0 Å². The number of ether oxygens (including phenoxy) is 1. The number of hydrogen-bond acceptors (Lipinski definition) is 2. The second kappa shape index (κ2) is 4.28. The molecular weight excluding hydrogens is 211 g/mol. The highest BCUT2D eigenvalue weighted by atomic mass is 19.4. The third-order valence-electron chi connectivity index (χ3n) is 2.37. The van der Waals surface area contributed by atoms with Crippen molar-refractivity contribution in [2.75, 3.05) is 6.61 Å². The molecule has 0 aliphatic heterocycles. The Kier molecular flexibility index (Phi) is 3.46. The number of unbranched alkanes of at least 4 members (excludes halogenated alkanes) is 1. The van der Waals surface area contributed by atoms with Gasteiger partial charge in [0.15, 0.2) is 0 Å². The van der Waals surface area contributed by atoms with Gasteiger partial charge in [0, 0.05) is 0 Å². The summed E-state index contributed by atoms with van der Waals surface area (Å²) in [6.07, 6.45) is -3.97. The molecule has 15 heavy (non-hydrogen) atoms. The smallest absolute Gasteiger partial charge is 0.411 e. The molecule has 0 heterocycles. The van der Waals surface area contributed by atoms with Crippen molar-refractivity contribution in [1.82, 2.24) is 5.32 Å². The van der Waals surface area contributed by atoms with E-state index in [4.69, 9.17) is 0 Å². The van der Waals surface area contributed by atoms with Gasteiger partial charge < -0.3 is 10.1 Å². The van der Waals surface area contributed by atoms with Gasteiger partial charge in [-0.2, -0.15) is 13.2 Å². The zero-order chi connectivity index (χ0) is 11.5. The van der Waals surface area contributed by atoms with Crippen LogP contribution >= 0.6 is 0 Å². The molecule has 1 N–H and O–H groups in total. The monoisotopic (exact) mass is 225 g/mol. The lowest BCUT2D eigenvalue weighted by Gasteiger charge is -2.20. The van der Waals surface area contributed by atoms with Crippen LogP contribution in [0.25, 0.3) is 0 Å². The lowest BCUT2D eigenvalue weighted by Crippen LogP contribution is -2.48. The number of alkyl carbamates (subject to hydrolysis) is 1. The number of alkyl halides is 3. The van der Waals surface area contributed by atoms with Gasteiger partial charge in [-0.05, 0) is 19.3 Å². The zero-order valence-electron chi connectivity index (χ0n) is 8.49. The first-order chi connectivity index (χ1) is 6.91. The number of hydrogen-bond donors (Lipinski definition) is 1. The van der Waals surface area contributed by atoms with Gasteiger partial charge in [0.2, 0.25) is 0 Å². The summed E-state index contributed by atoms with van der Waals surface area (Å²) in [6.45, 7) is 2.07. The Morgan fingerprint density at radius 3 is 2.47 bits per heavy atom. The predicted octanol–water partition coefficient (Wildman–Crippen LogP) is 2.61. The molecule has 0 aromatic carbocycles. The maximum absolute atomic E-state index is 12.4. The number of nitrogens with one attached hydrogen (secondary N) is 1. The van der Waals surface area contributed by atoms with E-state index in [0.717, 1.165) is 6.42 Å². The number of carbonyl (C=O) groups is 1. The van der Waals surface area contributed by atoms with Gasteiger partial charge in [0.05, 0.1) is 6.61 Å². The fraction of sp³-hybridized carbons (Fsp3) is 0.889. The molecule has 0 aromatic rings. The van der Waals surface area contributed by atoms with E-state index in [0.29, 0.717) is 6.42 Å². The number of halogens is 3. The molecule has 1 amide bonds. The van der Waals surface area contributed by atoms with E-state index in [1.807, 2.05) is 12.2 Å². The molecule has 1 rings (SSSR count). The average Bonchev–Trinajstić information content (AvgIpc) is 2.84. The molecule has 3 nitrogen and oxygen atoms in total. The summed E-state index contributed by atoms with van der Waals surface area (Å²) in [5.74, 6) is 0. The van der Waals surface area contributed by atoms with Crippen molar-refractivity contribution in [2.24, 2.45) is 0 Å². The minimum Gasteiger partial charge on any atom is -0.450 e. The molecule has 1 aliphatic carbocycles. The van der Waals surface area contributed by atoms with Crippen molar-refractivity contribution >= 4 is 6.09 Å². The second-order valence-corrected chi connectivity index (χ2v) is 3.69. The van der Waals surface area contributed by atoms with Crippen molar-refractivity contribution in [1.29, 1.82) is 0 Å². The predicted molar refractivity (Wildman–Crippen MR) is 47.4 cm³/mol. The quantitative estimate of drug-likeness (QED) is 0.747. The Morgan fingerprint density at radius 1 is 1.47 bits per heavy atom. The van der Waals surface area contributed by atoms with Gasteiger partial charge in [-0.25, -0.2) is 4.79 Å². The van der Waals surface area contributed by atoms with Crippen LogP contribution in [0, 0.1) is 0 Å². The summed E-state index contributed by atoms with van der Waals surface area (Å²) in [5, 5.41) is 1.88. The highest BCUT2D eigenvalue weighted by Crippen LogP contribution is 2.48. The van der Waals surface area contributed by atoms with Gasteiger partial charge in [-0.1, -0.05) is 13.3 Å². The normalized spacial score (nSPS) is 18.4. The van der Waals surface area contributed by atoms with Crippen molar-refractivity contribution in [2.45, 2.75) is 44.3 Å². The zero-order valence-corrected chi connectivity index (χ0v) is 8.49. The fourth-order valence-electron chi connectivity index (χ4n) is 1.14. The van der Waals surface area contributed by atoms with Crippen molar-refractivity contribution < 1.29 is 22.7 Å². The van der Waals surface area contributed by atoms with Crippen molar-refractivity contribution in [3.05, 3.63) is 0 Å². The SMILES string of the molecule is CCCCOC(=O)NC1(C(F)(F)F)CC1. The largest absolute Gasteiger partial charge is 0.450 e. The molecule has 1 saturated carbocycles. The Labute approximate surface area is 86.0 Å². The molecule has 0 saturated heterocycles. The summed E-state index contributed by atoms with van der Waals surface area (Å²) in [6, 6.07) is 0. The Morgan fingerprint density at radius 2 is 2.07 bits per heavy atom. The van der Waals surface area contributed by atoms with E-state index >= 15 is 0 Å². The number of amides is 1. The maximum atomic E-state index is 12.4. The van der Waals surface area contributed by atoms with Crippen LogP contribution in [-0.2, 0) is 4.74 Å². The lowest BCUT2D eigenvalue weighted by atomic mass is 10.3. The van der Waals surface area contributed by atoms with Crippen LogP contribution in [0.3, 0.4) is 0 Å². The van der Waals surface area contributed by atoms with Crippen LogP contribution in [0.15, 0.2) is 0 Å². The Balaban J connectivity index is 2.32. The minimum absolute atomic E-state index is 0.0562. The molecule has 0 atom stereocenters. The Hall–Kier alpha value is -0.940. The van der Waals surface area contributed by atoms with E-state index in [-0.39, 0.29) is 19.4 Å². The first kappa shape index (κ1) is 12.1. The molecule has 1 fully saturated rings. The minimum atomic E-state index is -4.38. The highest BCUT2D eigenvalue weighted by molar-refractivity contribution is 5.69. The third kappa shape index (κ3) is 3.00. The van der Waals surface area contributed by atoms with E-state index < -0.39 is 17.8 Å². The summed E-state index contributed by atoms with van der Waals surface area (Å²) < 4.78 is 41.7. The van der Waals surface area contributed by atoms with Gasteiger partial charge in [0.1, 0.15) is 5.54 Å². The summed E-state index contributed by atoms with van der Waals surface area (Å²) in [7, 11) is 0. The van der Waals surface area contributed by atoms with Crippen LogP contribution in [0.4, 0.5) is 18.0 Å². The maximum Gasteiger partial charge on any atom is 0.411 e. The number of carbonyl (C=O) groups excluding carboxylic acids is 1. The van der Waals surface area contributed by atoms with Crippen LogP contribution in [0.5, 0.6) is 0 Å². The molecule has 88 valence electrons. The first-order valence-corrected chi connectivity index (χ1v) is 4.93. The molecule has 0 bridgehead atoms. The second-order valence-electron chi connectivity index (χ2n) is 3.69. The molecule has 0 radical (unpaired) electrons. The van der Waals surface area contributed by atoms with Crippen LogP contribution in [-0.4, -0.2) is 24.4 Å². The molecule has 0 spiro atoms. The van der Waals surface area contributed by atoms with Crippen molar-refractivity contribution in [3.63, 3.8) is 0 Å². The third-order valence-corrected chi connectivity index (χ3v) is 2.37. The highest BCUT2D eigenvalue weighted by Gasteiger charge is 2.64. The van der Waals surface area contributed by atoms with Crippen LogP contribution in [0.1, 0.15) is 32.6 Å². The van der Waals surface area contributed by atoms with Gasteiger partial charge in [0.25, 0.3) is 0 Å². The van der Waals surface area contributed by atoms with Crippen molar-refractivity contribution in [3.8, 4) is 0 Å². The van der Waals surface area contributed by atoms with E-state index in [9.17, 15) is 18.0 Å².